The summed E-state index contributed by atoms with van der Waals surface area (Å²) in [6, 6.07) is 7.88. The molecule has 2 aliphatic carbocycles. The topological polar surface area (TPSA) is 87.3 Å². The second kappa shape index (κ2) is 10.4. The van der Waals surface area contributed by atoms with Gasteiger partial charge in [-0.05, 0) is 80.5 Å². The zero-order valence-electron chi connectivity index (χ0n) is 20.3. The molecule has 2 fully saturated rings. The van der Waals surface area contributed by atoms with Crippen LogP contribution in [0.25, 0.3) is 11.1 Å². The maximum Gasteiger partial charge on any atom is 0.252 e. The molecule has 0 radical (unpaired) electrons. The SMILES string of the molecule is C=C(C)CNC(=O)c1ccc(-c2cc(C(=O)NC3CC3)cc(F)c2C)c(C(=O)NC2CCCC2)c1. The fraction of sp³-hybridized carbons (Fsp3) is 0.393. The fourth-order valence-electron chi connectivity index (χ4n) is 4.36. The molecule has 0 saturated heterocycles. The van der Waals surface area contributed by atoms with Gasteiger partial charge in [0, 0.05) is 35.3 Å². The Morgan fingerprint density at radius 1 is 0.886 bits per heavy atom. The highest BCUT2D eigenvalue weighted by atomic mass is 19.1. The molecule has 0 atom stereocenters. The maximum atomic E-state index is 14.9. The molecular weight excluding hydrogens is 445 g/mol. The van der Waals surface area contributed by atoms with Crippen LogP contribution < -0.4 is 16.0 Å². The molecule has 0 aliphatic heterocycles. The van der Waals surface area contributed by atoms with E-state index in [4.69, 9.17) is 0 Å². The fourth-order valence-corrected chi connectivity index (χ4v) is 4.36. The number of hydrogen-bond donors (Lipinski definition) is 3. The largest absolute Gasteiger partial charge is 0.349 e. The number of amides is 3. The summed E-state index contributed by atoms with van der Waals surface area (Å²) in [5, 5.41) is 8.74. The van der Waals surface area contributed by atoms with Crippen molar-refractivity contribution in [2.24, 2.45) is 0 Å². The Morgan fingerprint density at radius 3 is 2.20 bits per heavy atom. The van der Waals surface area contributed by atoms with Gasteiger partial charge < -0.3 is 16.0 Å². The average molecular weight is 478 g/mol. The second-order valence-electron chi connectivity index (χ2n) is 9.73. The van der Waals surface area contributed by atoms with E-state index in [0.717, 1.165) is 44.1 Å². The number of hydrogen-bond acceptors (Lipinski definition) is 3. The van der Waals surface area contributed by atoms with E-state index in [-0.39, 0.29) is 40.9 Å². The quantitative estimate of drug-likeness (QED) is 0.483. The third kappa shape index (κ3) is 5.96. The minimum absolute atomic E-state index is 0.0738. The lowest BCUT2D eigenvalue weighted by Gasteiger charge is -2.18. The molecular formula is C28H32FN3O3. The first-order valence-corrected chi connectivity index (χ1v) is 12.2. The molecule has 184 valence electrons. The van der Waals surface area contributed by atoms with Crippen LogP contribution in [0.2, 0.25) is 0 Å². The molecule has 0 aromatic heterocycles. The Kier molecular flexibility index (Phi) is 7.34. The van der Waals surface area contributed by atoms with E-state index in [1.165, 1.54) is 6.07 Å². The summed E-state index contributed by atoms with van der Waals surface area (Å²) in [6.45, 7) is 7.56. The van der Waals surface area contributed by atoms with Crippen molar-refractivity contribution in [3.63, 3.8) is 0 Å². The van der Waals surface area contributed by atoms with E-state index in [0.29, 0.717) is 28.8 Å². The average Bonchev–Trinajstić information content (AvgIpc) is 3.50. The molecule has 2 aromatic carbocycles. The van der Waals surface area contributed by atoms with Crippen molar-refractivity contribution in [3.05, 3.63) is 70.6 Å². The minimum Gasteiger partial charge on any atom is -0.349 e. The van der Waals surface area contributed by atoms with Gasteiger partial charge in [0.15, 0.2) is 0 Å². The summed E-state index contributed by atoms with van der Waals surface area (Å²) >= 11 is 0. The molecule has 0 heterocycles. The third-order valence-corrected chi connectivity index (χ3v) is 6.58. The predicted molar refractivity (Wildman–Crippen MR) is 134 cm³/mol. The van der Waals surface area contributed by atoms with Crippen molar-refractivity contribution >= 4 is 17.7 Å². The van der Waals surface area contributed by atoms with E-state index in [9.17, 15) is 18.8 Å². The lowest BCUT2D eigenvalue weighted by atomic mass is 9.91. The van der Waals surface area contributed by atoms with Crippen LogP contribution in [0.5, 0.6) is 0 Å². The van der Waals surface area contributed by atoms with Gasteiger partial charge in [-0.15, -0.1) is 0 Å². The van der Waals surface area contributed by atoms with Crippen LogP contribution in [0.1, 0.15) is 82.1 Å². The number of carbonyl (C=O) groups excluding carboxylic acids is 3. The molecule has 2 aromatic rings. The van der Waals surface area contributed by atoms with Crippen LogP contribution in [0.15, 0.2) is 42.5 Å². The zero-order valence-corrected chi connectivity index (χ0v) is 20.3. The smallest absolute Gasteiger partial charge is 0.252 e. The van der Waals surface area contributed by atoms with Gasteiger partial charge in [-0.2, -0.15) is 0 Å². The summed E-state index contributed by atoms with van der Waals surface area (Å²) in [5.41, 5.74) is 2.89. The van der Waals surface area contributed by atoms with Gasteiger partial charge in [0.25, 0.3) is 17.7 Å². The lowest BCUT2D eigenvalue weighted by Crippen LogP contribution is -2.33. The van der Waals surface area contributed by atoms with Crippen molar-refractivity contribution in [2.75, 3.05) is 6.54 Å². The molecule has 0 bridgehead atoms. The van der Waals surface area contributed by atoms with Gasteiger partial charge in [0.2, 0.25) is 0 Å². The molecule has 2 saturated carbocycles. The van der Waals surface area contributed by atoms with Crippen molar-refractivity contribution < 1.29 is 18.8 Å². The van der Waals surface area contributed by atoms with Crippen LogP contribution >= 0.6 is 0 Å². The molecule has 3 N–H and O–H groups in total. The Hall–Kier alpha value is -3.48. The van der Waals surface area contributed by atoms with Crippen molar-refractivity contribution in [3.8, 4) is 11.1 Å². The molecule has 7 heteroatoms. The molecule has 0 spiro atoms. The monoisotopic (exact) mass is 477 g/mol. The Bertz CT molecular complexity index is 1180. The highest BCUT2D eigenvalue weighted by Gasteiger charge is 2.26. The Morgan fingerprint density at radius 2 is 1.54 bits per heavy atom. The van der Waals surface area contributed by atoms with Crippen molar-refractivity contribution in [2.45, 2.75) is 64.5 Å². The lowest BCUT2D eigenvalue weighted by molar-refractivity contribution is 0.0934. The van der Waals surface area contributed by atoms with Crippen LogP contribution in [0, 0.1) is 12.7 Å². The van der Waals surface area contributed by atoms with Crippen LogP contribution in [-0.4, -0.2) is 36.3 Å². The molecule has 4 rings (SSSR count). The first-order valence-electron chi connectivity index (χ1n) is 12.2. The van der Waals surface area contributed by atoms with Crippen molar-refractivity contribution in [1.82, 2.24) is 16.0 Å². The molecule has 35 heavy (non-hydrogen) atoms. The van der Waals surface area contributed by atoms with Gasteiger partial charge in [0.05, 0.1) is 0 Å². The maximum absolute atomic E-state index is 14.9. The number of rotatable bonds is 8. The van der Waals surface area contributed by atoms with Crippen LogP contribution in [0.4, 0.5) is 4.39 Å². The van der Waals surface area contributed by atoms with Gasteiger partial charge in [-0.25, -0.2) is 4.39 Å². The molecule has 2 aliphatic rings. The molecule has 6 nitrogen and oxygen atoms in total. The standard InChI is InChI=1S/C28H32FN3O3/c1-16(2)15-30-26(33)18-8-11-22(24(12-18)28(35)32-20-6-4-5-7-20)23-13-19(14-25(29)17(23)3)27(34)31-21-9-10-21/h8,11-14,20-21H,1,4-7,9-10,15H2,2-3H3,(H,30,33)(H,31,34)(H,32,35). The Balaban J connectivity index is 1.74. The number of benzene rings is 2. The highest BCUT2D eigenvalue weighted by molar-refractivity contribution is 6.05. The van der Waals surface area contributed by atoms with Crippen LogP contribution in [-0.2, 0) is 0 Å². The number of halogens is 1. The first kappa shape index (κ1) is 24.6. The van der Waals surface area contributed by atoms with E-state index in [1.807, 2.05) is 6.92 Å². The summed E-state index contributed by atoms with van der Waals surface area (Å²) in [6.07, 6.45) is 5.78. The van der Waals surface area contributed by atoms with Crippen LogP contribution in [0.3, 0.4) is 0 Å². The van der Waals surface area contributed by atoms with Crippen molar-refractivity contribution in [1.29, 1.82) is 0 Å². The normalized spacial score (nSPS) is 15.5. The molecule has 0 unspecified atom stereocenters. The van der Waals surface area contributed by atoms with Gasteiger partial charge in [-0.1, -0.05) is 31.1 Å². The van der Waals surface area contributed by atoms with Gasteiger partial charge in [0.1, 0.15) is 5.82 Å². The minimum atomic E-state index is -0.520. The van der Waals surface area contributed by atoms with Gasteiger partial charge >= 0.3 is 0 Å². The van der Waals surface area contributed by atoms with E-state index < -0.39 is 5.82 Å². The number of nitrogens with one attached hydrogen (secondary N) is 3. The molecule has 3 amide bonds. The first-order chi connectivity index (χ1) is 16.7. The highest BCUT2D eigenvalue weighted by Crippen LogP contribution is 2.32. The third-order valence-electron chi connectivity index (χ3n) is 6.58. The van der Waals surface area contributed by atoms with E-state index >= 15 is 0 Å². The predicted octanol–water partition coefficient (Wildman–Crippen LogP) is 4.67. The summed E-state index contributed by atoms with van der Waals surface area (Å²) in [5.74, 6) is -1.49. The summed E-state index contributed by atoms with van der Waals surface area (Å²) in [7, 11) is 0. The van der Waals surface area contributed by atoms with E-state index in [1.54, 1.807) is 31.2 Å². The van der Waals surface area contributed by atoms with E-state index in [2.05, 4.69) is 22.5 Å². The zero-order chi connectivity index (χ0) is 25.1. The summed E-state index contributed by atoms with van der Waals surface area (Å²) < 4.78 is 14.9. The number of carbonyl (C=O) groups is 3. The van der Waals surface area contributed by atoms with Gasteiger partial charge in [-0.3, -0.25) is 14.4 Å². The second-order valence-corrected chi connectivity index (χ2v) is 9.73. The Labute approximate surface area is 205 Å². The summed E-state index contributed by atoms with van der Waals surface area (Å²) in [4.78, 5) is 38.7.